The topological polar surface area (TPSA) is 68.5 Å². The van der Waals surface area contributed by atoms with E-state index < -0.39 is 0 Å². The van der Waals surface area contributed by atoms with Crippen LogP contribution in [0.1, 0.15) is 23.3 Å². The first kappa shape index (κ1) is 15.0. The second-order valence-electron chi connectivity index (χ2n) is 5.16. The molecule has 0 aliphatic carbocycles. The molecule has 1 aliphatic rings. The van der Waals surface area contributed by atoms with Crippen molar-refractivity contribution in [2.24, 2.45) is 0 Å². The van der Waals surface area contributed by atoms with E-state index in [0.717, 1.165) is 5.56 Å². The number of benzene rings is 1. The Labute approximate surface area is 133 Å². The van der Waals surface area contributed by atoms with Gasteiger partial charge in [0.05, 0.1) is 19.6 Å². The standard InChI is InChI=1S/C15H16ClN3O3/c1-10-17-15(18-22-10)13-9-21-6-5-19(13)14(20)8-11-3-2-4-12(16)7-11/h2-4,7,13H,5-6,8-9H2,1H3/t13-/m1/s1. The zero-order valence-electron chi connectivity index (χ0n) is 12.2. The van der Waals surface area contributed by atoms with Crippen molar-refractivity contribution in [3.8, 4) is 0 Å². The van der Waals surface area contributed by atoms with Gasteiger partial charge in [0.2, 0.25) is 11.8 Å². The number of nitrogens with zero attached hydrogens (tertiary/aromatic N) is 3. The Morgan fingerprint density at radius 2 is 2.36 bits per heavy atom. The first-order valence-electron chi connectivity index (χ1n) is 7.05. The maximum Gasteiger partial charge on any atom is 0.227 e. The predicted octanol–water partition coefficient (Wildman–Crippen LogP) is 2.17. The van der Waals surface area contributed by atoms with Gasteiger partial charge >= 0.3 is 0 Å². The van der Waals surface area contributed by atoms with E-state index >= 15 is 0 Å². The van der Waals surface area contributed by atoms with Gasteiger partial charge in [-0.2, -0.15) is 4.98 Å². The molecule has 2 aromatic rings. The zero-order chi connectivity index (χ0) is 15.5. The highest BCUT2D eigenvalue weighted by Crippen LogP contribution is 2.23. The van der Waals surface area contributed by atoms with E-state index in [1.807, 2.05) is 12.1 Å². The summed E-state index contributed by atoms with van der Waals surface area (Å²) in [6.45, 7) is 3.12. The lowest BCUT2D eigenvalue weighted by Crippen LogP contribution is -2.44. The number of halogens is 1. The van der Waals surface area contributed by atoms with Gasteiger partial charge in [0, 0.05) is 18.5 Å². The number of carbonyl (C=O) groups excluding carboxylic acids is 1. The van der Waals surface area contributed by atoms with E-state index in [2.05, 4.69) is 10.1 Å². The number of aromatic nitrogens is 2. The summed E-state index contributed by atoms with van der Waals surface area (Å²) >= 11 is 5.96. The molecule has 0 saturated carbocycles. The second kappa shape index (κ2) is 6.46. The van der Waals surface area contributed by atoms with Gasteiger partial charge < -0.3 is 14.2 Å². The molecule has 0 radical (unpaired) electrons. The van der Waals surface area contributed by atoms with Gasteiger partial charge in [0.15, 0.2) is 5.82 Å². The predicted molar refractivity (Wildman–Crippen MR) is 79.5 cm³/mol. The van der Waals surface area contributed by atoms with Gasteiger partial charge in [-0.3, -0.25) is 4.79 Å². The van der Waals surface area contributed by atoms with Crippen LogP contribution < -0.4 is 0 Å². The lowest BCUT2D eigenvalue weighted by Gasteiger charge is -2.33. The molecule has 1 aromatic heterocycles. The van der Waals surface area contributed by atoms with Crippen molar-refractivity contribution < 1.29 is 14.1 Å². The van der Waals surface area contributed by atoms with Crippen molar-refractivity contribution >= 4 is 17.5 Å². The molecule has 0 spiro atoms. The fraction of sp³-hybridized carbons (Fsp3) is 0.400. The van der Waals surface area contributed by atoms with Gasteiger partial charge in [-0.1, -0.05) is 28.9 Å². The molecule has 1 aliphatic heterocycles. The molecular weight excluding hydrogens is 306 g/mol. The maximum absolute atomic E-state index is 12.6. The van der Waals surface area contributed by atoms with E-state index in [4.69, 9.17) is 20.9 Å². The van der Waals surface area contributed by atoms with Crippen molar-refractivity contribution in [3.05, 3.63) is 46.6 Å². The summed E-state index contributed by atoms with van der Waals surface area (Å²) in [7, 11) is 0. The van der Waals surface area contributed by atoms with E-state index in [-0.39, 0.29) is 18.4 Å². The number of aryl methyl sites for hydroxylation is 1. The minimum absolute atomic E-state index is 0.00183. The maximum atomic E-state index is 12.6. The molecule has 3 rings (SSSR count). The van der Waals surface area contributed by atoms with Crippen molar-refractivity contribution in [2.45, 2.75) is 19.4 Å². The molecule has 0 bridgehead atoms. The van der Waals surface area contributed by atoms with E-state index in [9.17, 15) is 4.79 Å². The van der Waals surface area contributed by atoms with Gasteiger partial charge in [0.1, 0.15) is 6.04 Å². The summed E-state index contributed by atoms with van der Waals surface area (Å²) < 4.78 is 10.5. The monoisotopic (exact) mass is 321 g/mol. The van der Waals surface area contributed by atoms with Crippen molar-refractivity contribution in [1.29, 1.82) is 0 Å². The Hall–Kier alpha value is -1.92. The normalized spacial score (nSPS) is 18.5. The van der Waals surface area contributed by atoms with E-state index in [1.165, 1.54) is 0 Å². The molecular formula is C15H16ClN3O3. The lowest BCUT2D eigenvalue weighted by atomic mass is 10.1. The average molecular weight is 322 g/mol. The van der Waals surface area contributed by atoms with Crippen LogP contribution in [0.3, 0.4) is 0 Å². The summed E-state index contributed by atoms with van der Waals surface area (Å²) in [6.07, 6.45) is 0.286. The first-order chi connectivity index (χ1) is 10.6. The number of amides is 1. The van der Waals surface area contributed by atoms with Gasteiger partial charge in [-0.25, -0.2) is 0 Å². The second-order valence-corrected chi connectivity index (χ2v) is 5.59. The van der Waals surface area contributed by atoms with Crippen LogP contribution in [0.15, 0.2) is 28.8 Å². The van der Waals surface area contributed by atoms with Crippen LogP contribution in [-0.2, 0) is 16.0 Å². The Morgan fingerprint density at radius 3 is 3.09 bits per heavy atom. The number of ether oxygens (including phenoxy) is 1. The largest absolute Gasteiger partial charge is 0.377 e. The Morgan fingerprint density at radius 1 is 1.50 bits per heavy atom. The molecule has 7 heteroatoms. The number of carbonyl (C=O) groups is 1. The van der Waals surface area contributed by atoms with Crippen LogP contribution in [0, 0.1) is 6.92 Å². The quantitative estimate of drug-likeness (QED) is 0.866. The fourth-order valence-electron chi connectivity index (χ4n) is 2.49. The first-order valence-corrected chi connectivity index (χ1v) is 7.43. The number of morpholine rings is 1. The Balaban J connectivity index is 1.76. The van der Waals surface area contributed by atoms with Crippen LogP contribution in [0.25, 0.3) is 0 Å². The van der Waals surface area contributed by atoms with Gasteiger partial charge in [0.25, 0.3) is 0 Å². The van der Waals surface area contributed by atoms with Gasteiger partial charge in [-0.15, -0.1) is 0 Å². The summed E-state index contributed by atoms with van der Waals surface area (Å²) in [5.41, 5.74) is 0.882. The van der Waals surface area contributed by atoms with Gasteiger partial charge in [-0.05, 0) is 17.7 Å². The van der Waals surface area contributed by atoms with Crippen molar-refractivity contribution in [2.75, 3.05) is 19.8 Å². The molecule has 1 fully saturated rings. The highest BCUT2D eigenvalue weighted by molar-refractivity contribution is 6.30. The molecule has 1 amide bonds. The van der Waals surface area contributed by atoms with Crippen LogP contribution in [0.4, 0.5) is 0 Å². The Kier molecular flexibility index (Phi) is 4.40. The van der Waals surface area contributed by atoms with Crippen molar-refractivity contribution in [1.82, 2.24) is 15.0 Å². The van der Waals surface area contributed by atoms with Crippen LogP contribution >= 0.6 is 11.6 Å². The van der Waals surface area contributed by atoms with E-state index in [1.54, 1.807) is 24.0 Å². The summed E-state index contributed by atoms with van der Waals surface area (Å²) in [5.74, 6) is 0.956. The number of hydrogen-bond donors (Lipinski definition) is 0. The molecule has 0 unspecified atom stereocenters. The third-order valence-corrected chi connectivity index (χ3v) is 3.77. The van der Waals surface area contributed by atoms with Crippen LogP contribution in [0.2, 0.25) is 5.02 Å². The molecule has 1 atom stereocenters. The minimum atomic E-state index is -0.308. The number of hydrogen-bond acceptors (Lipinski definition) is 5. The molecule has 2 heterocycles. The molecule has 1 aromatic carbocycles. The molecule has 6 nitrogen and oxygen atoms in total. The summed E-state index contributed by atoms with van der Waals surface area (Å²) in [4.78, 5) is 18.6. The van der Waals surface area contributed by atoms with E-state index in [0.29, 0.717) is 36.5 Å². The summed E-state index contributed by atoms with van der Waals surface area (Å²) in [6, 6.07) is 7.00. The average Bonchev–Trinajstić information content (AvgIpc) is 2.94. The third-order valence-electron chi connectivity index (χ3n) is 3.53. The fourth-order valence-corrected chi connectivity index (χ4v) is 2.70. The number of rotatable bonds is 3. The van der Waals surface area contributed by atoms with Crippen LogP contribution in [-0.4, -0.2) is 40.7 Å². The summed E-state index contributed by atoms with van der Waals surface area (Å²) in [5, 5.41) is 4.53. The smallest absolute Gasteiger partial charge is 0.227 e. The molecule has 0 N–H and O–H groups in total. The van der Waals surface area contributed by atoms with Crippen molar-refractivity contribution in [3.63, 3.8) is 0 Å². The highest BCUT2D eigenvalue weighted by Gasteiger charge is 2.31. The minimum Gasteiger partial charge on any atom is -0.377 e. The Bertz CT molecular complexity index is 674. The molecule has 116 valence electrons. The SMILES string of the molecule is Cc1nc([C@H]2COCCN2C(=O)Cc2cccc(Cl)c2)no1. The molecule has 22 heavy (non-hydrogen) atoms. The highest BCUT2D eigenvalue weighted by atomic mass is 35.5. The third kappa shape index (κ3) is 3.28. The lowest BCUT2D eigenvalue weighted by molar-refractivity contribution is -0.139. The molecule has 1 saturated heterocycles. The van der Waals surface area contributed by atoms with Crippen LogP contribution in [0.5, 0.6) is 0 Å². The zero-order valence-corrected chi connectivity index (χ0v) is 12.9.